The van der Waals surface area contributed by atoms with Gasteiger partial charge in [-0.3, -0.25) is 0 Å². The second-order valence-corrected chi connectivity index (χ2v) is 5.87. The summed E-state index contributed by atoms with van der Waals surface area (Å²) in [5, 5.41) is 0. The summed E-state index contributed by atoms with van der Waals surface area (Å²) < 4.78 is 29.1. The Kier molecular flexibility index (Phi) is 3.53. The van der Waals surface area contributed by atoms with Crippen molar-refractivity contribution < 1.29 is 8.78 Å². The molecule has 0 spiro atoms. The average Bonchev–Trinajstić information content (AvgIpc) is 2.75. The molecule has 0 aliphatic heterocycles. The Labute approximate surface area is 129 Å². The molecule has 1 atom stereocenters. The van der Waals surface area contributed by atoms with Gasteiger partial charge in [0.2, 0.25) is 0 Å². The zero-order valence-corrected chi connectivity index (χ0v) is 13.2. The van der Waals surface area contributed by atoms with Crippen molar-refractivity contribution in [1.82, 2.24) is 9.55 Å². The predicted molar refractivity (Wildman–Crippen MR) is 82.3 cm³/mol. The fraction of sp³-hybridized carbons (Fsp3) is 0.188. The first-order chi connectivity index (χ1) is 9.97. The number of benzene rings is 2. The van der Waals surface area contributed by atoms with Crippen molar-refractivity contribution in [1.29, 1.82) is 0 Å². The van der Waals surface area contributed by atoms with E-state index in [4.69, 9.17) is 0 Å². The van der Waals surface area contributed by atoms with Crippen LogP contribution < -0.4 is 0 Å². The van der Waals surface area contributed by atoms with Crippen molar-refractivity contribution in [3.05, 3.63) is 63.9 Å². The smallest absolute Gasteiger partial charge is 0.139 e. The first kappa shape index (κ1) is 14.2. The Morgan fingerprint density at radius 2 is 1.81 bits per heavy atom. The Hall–Kier alpha value is -1.75. The van der Waals surface area contributed by atoms with Gasteiger partial charge in [0.05, 0.1) is 21.5 Å². The SMILES string of the molecule is Cc1nc2cc(F)c(Br)cc2n1[C@@H](C)c1ccc(F)cc1. The van der Waals surface area contributed by atoms with Gasteiger partial charge in [0.15, 0.2) is 0 Å². The Morgan fingerprint density at radius 3 is 2.48 bits per heavy atom. The molecule has 2 nitrogen and oxygen atoms in total. The molecule has 0 bridgehead atoms. The van der Waals surface area contributed by atoms with E-state index in [1.165, 1.54) is 18.2 Å². The molecule has 0 amide bonds. The van der Waals surface area contributed by atoms with Crippen molar-refractivity contribution in [2.45, 2.75) is 19.9 Å². The summed E-state index contributed by atoms with van der Waals surface area (Å²) in [6, 6.07) is 9.51. The van der Waals surface area contributed by atoms with E-state index in [0.29, 0.717) is 9.99 Å². The molecule has 21 heavy (non-hydrogen) atoms. The highest BCUT2D eigenvalue weighted by Gasteiger charge is 2.16. The number of halogens is 3. The summed E-state index contributed by atoms with van der Waals surface area (Å²) in [6.45, 7) is 3.89. The summed E-state index contributed by atoms with van der Waals surface area (Å²) in [6.07, 6.45) is 0. The molecule has 0 saturated carbocycles. The van der Waals surface area contributed by atoms with Gasteiger partial charge < -0.3 is 4.57 Å². The second-order valence-electron chi connectivity index (χ2n) is 5.01. The summed E-state index contributed by atoms with van der Waals surface area (Å²) in [5.74, 6) is 0.198. The zero-order chi connectivity index (χ0) is 15.1. The van der Waals surface area contributed by atoms with Gasteiger partial charge in [0.1, 0.15) is 17.5 Å². The fourth-order valence-electron chi connectivity index (χ4n) is 2.59. The normalized spacial score (nSPS) is 12.8. The van der Waals surface area contributed by atoms with E-state index in [0.717, 1.165) is 16.9 Å². The number of aryl methyl sites for hydroxylation is 1. The Balaban J connectivity index is 2.17. The van der Waals surface area contributed by atoms with Crippen LogP contribution in [-0.2, 0) is 0 Å². The lowest BCUT2D eigenvalue weighted by Crippen LogP contribution is -2.08. The molecule has 2 aromatic carbocycles. The second kappa shape index (κ2) is 5.22. The molecule has 3 aromatic rings. The Bertz CT molecular complexity index is 809. The van der Waals surface area contributed by atoms with E-state index in [2.05, 4.69) is 20.9 Å². The Morgan fingerprint density at radius 1 is 1.14 bits per heavy atom. The maximum absolute atomic E-state index is 13.6. The molecule has 1 aromatic heterocycles. The summed E-state index contributed by atoms with van der Waals surface area (Å²) in [5.41, 5.74) is 2.43. The van der Waals surface area contributed by atoms with Gasteiger partial charge in [0, 0.05) is 6.07 Å². The van der Waals surface area contributed by atoms with Crippen molar-refractivity contribution in [3.63, 3.8) is 0 Å². The first-order valence-corrected chi connectivity index (χ1v) is 7.35. The predicted octanol–water partition coefficient (Wildman–Crippen LogP) is 4.99. The maximum Gasteiger partial charge on any atom is 0.139 e. The number of rotatable bonds is 2. The lowest BCUT2D eigenvalue weighted by atomic mass is 10.1. The van der Waals surface area contributed by atoms with Crippen LogP contribution >= 0.6 is 15.9 Å². The van der Waals surface area contributed by atoms with Crippen LogP contribution in [0.3, 0.4) is 0 Å². The lowest BCUT2D eigenvalue weighted by molar-refractivity contribution is 0.613. The number of aromatic nitrogens is 2. The number of imidazole rings is 1. The average molecular weight is 351 g/mol. The molecule has 0 radical (unpaired) electrons. The van der Waals surface area contributed by atoms with Crippen LogP contribution in [0.25, 0.3) is 11.0 Å². The largest absolute Gasteiger partial charge is 0.321 e. The third kappa shape index (κ3) is 2.46. The van der Waals surface area contributed by atoms with Gasteiger partial charge in [-0.25, -0.2) is 13.8 Å². The van der Waals surface area contributed by atoms with Crippen molar-refractivity contribution in [2.75, 3.05) is 0 Å². The number of fused-ring (bicyclic) bond motifs is 1. The molecule has 0 unspecified atom stereocenters. The summed E-state index contributed by atoms with van der Waals surface area (Å²) in [7, 11) is 0. The molecule has 0 fully saturated rings. The van der Waals surface area contributed by atoms with Crippen LogP contribution in [0.2, 0.25) is 0 Å². The number of hydrogen-bond donors (Lipinski definition) is 0. The minimum Gasteiger partial charge on any atom is -0.321 e. The van der Waals surface area contributed by atoms with E-state index in [1.54, 1.807) is 18.2 Å². The van der Waals surface area contributed by atoms with E-state index in [9.17, 15) is 8.78 Å². The topological polar surface area (TPSA) is 17.8 Å². The molecular weight excluding hydrogens is 338 g/mol. The zero-order valence-electron chi connectivity index (χ0n) is 11.6. The lowest BCUT2D eigenvalue weighted by Gasteiger charge is -2.17. The van der Waals surface area contributed by atoms with Crippen molar-refractivity contribution in [3.8, 4) is 0 Å². The van der Waals surface area contributed by atoms with Crippen LogP contribution in [-0.4, -0.2) is 9.55 Å². The third-order valence-corrected chi connectivity index (χ3v) is 4.26. The van der Waals surface area contributed by atoms with Gasteiger partial charge in [0.25, 0.3) is 0 Å². The van der Waals surface area contributed by atoms with Gasteiger partial charge >= 0.3 is 0 Å². The highest BCUT2D eigenvalue weighted by atomic mass is 79.9. The van der Waals surface area contributed by atoms with E-state index >= 15 is 0 Å². The maximum atomic E-state index is 13.6. The van der Waals surface area contributed by atoms with Crippen LogP contribution in [0.15, 0.2) is 40.9 Å². The highest BCUT2D eigenvalue weighted by molar-refractivity contribution is 9.10. The molecule has 0 aliphatic rings. The molecule has 0 N–H and O–H groups in total. The molecule has 108 valence electrons. The summed E-state index contributed by atoms with van der Waals surface area (Å²) in [4.78, 5) is 4.41. The summed E-state index contributed by atoms with van der Waals surface area (Å²) >= 11 is 3.21. The van der Waals surface area contributed by atoms with Gasteiger partial charge in [-0.2, -0.15) is 0 Å². The number of hydrogen-bond acceptors (Lipinski definition) is 1. The molecule has 0 aliphatic carbocycles. The quantitative estimate of drug-likeness (QED) is 0.636. The minimum absolute atomic E-state index is 0.0204. The third-order valence-electron chi connectivity index (χ3n) is 3.65. The van der Waals surface area contributed by atoms with Crippen LogP contribution in [0.1, 0.15) is 24.4 Å². The van der Waals surface area contributed by atoms with Gasteiger partial charge in [-0.15, -0.1) is 0 Å². The molecular formula is C16H13BrF2N2. The van der Waals surface area contributed by atoms with Gasteiger partial charge in [-0.05, 0) is 53.5 Å². The van der Waals surface area contributed by atoms with Crippen molar-refractivity contribution in [2.24, 2.45) is 0 Å². The fourth-order valence-corrected chi connectivity index (χ4v) is 2.92. The molecule has 0 saturated heterocycles. The minimum atomic E-state index is -0.332. The monoisotopic (exact) mass is 350 g/mol. The molecule has 1 heterocycles. The molecule has 3 rings (SSSR count). The van der Waals surface area contributed by atoms with E-state index < -0.39 is 0 Å². The van der Waals surface area contributed by atoms with Crippen LogP contribution in [0, 0.1) is 18.6 Å². The van der Waals surface area contributed by atoms with Gasteiger partial charge in [-0.1, -0.05) is 12.1 Å². The highest BCUT2D eigenvalue weighted by Crippen LogP contribution is 2.29. The first-order valence-electron chi connectivity index (χ1n) is 6.56. The van der Waals surface area contributed by atoms with Crippen molar-refractivity contribution >= 4 is 27.0 Å². The molecule has 5 heteroatoms. The van der Waals surface area contributed by atoms with Crippen LogP contribution in [0.4, 0.5) is 8.78 Å². The number of nitrogens with zero attached hydrogens (tertiary/aromatic N) is 2. The van der Waals surface area contributed by atoms with E-state index in [-0.39, 0.29) is 17.7 Å². The van der Waals surface area contributed by atoms with E-state index in [1.807, 2.05) is 18.4 Å². The van der Waals surface area contributed by atoms with Crippen LogP contribution in [0.5, 0.6) is 0 Å². The standard InChI is InChI=1S/C16H13BrF2N2/c1-9(11-3-5-12(18)6-4-11)21-10(2)20-15-8-14(19)13(17)7-16(15)21/h3-9H,1-2H3/t9-/m0/s1.